The second-order valence-electron chi connectivity index (χ2n) is 9.83. The number of aromatic nitrogens is 5. The van der Waals surface area contributed by atoms with Gasteiger partial charge in [-0.25, -0.2) is 14.5 Å². The maximum atomic E-state index is 12.2. The van der Waals surface area contributed by atoms with E-state index in [4.69, 9.17) is 14.8 Å². The molecule has 0 radical (unpaired) electrons. The first-order valence-electron chi connectivity index (χ1n) is 13.1. The molecule has 6 rings (SSSR count). The molecule has 0 atom stereocenters. The van der Waals surface area contributed by atoms with Crippen molar-refractivity contribution in [2.75, 3.05) is 7.11 Å². The van der Waals surface area contributed by atoms with E-state index in [0.29, 0.717) is 28.8 Å². The van der Waals surface area contributed by atoms with Gasteiger partial charge in [0.05, 0.1) is 29.4 Å². The number of benzene rings is 4. The minimum atomic E-state index is -0.415. The van der Waals surface area contributed by atoms with Crippen LogP contribution in [-0.4, -0.2) is 37.8 Å². The quantitative estimate of drug-likeness (QED) is 0.215. The maximum Gasteiger partial charge on any atom is 0.337 e. The van der Waals surface area contributed by atoms with Crippen LogP contribution in [0.1, 0.15) is 35.7 Å². The number of nitrogens with zero attached hydrogens (tertiary/aromatic N) is 5. The van der Waals surface area contributed by atoms with Gasteiger partial charge in [0, 0.05) is 23.5 Å². The summed E-state index contributed by atoms with van der Waals surface area (Å²) in [5.41, 5.74) is 7.99. The molecule has 2 aromatic heterocycles. The molecule has 196 valence electrons. The van der Waals surface area contributed by atoms with Gasteiger partial charge in [0.2, 0.25) is 0 Å². The first-order valence-corrected chi connectivity index (χ1v) is 13.1. The van der Waals surface area contributed by atoms with Gasteiger partial charge in [0.1, 0.15) is 0 Å². The van der Waals surface area contributed by atoms with E-state index in [1.807, 2.05) is 36.4 Å². The van der Waals surface area contributed by atoms with Crippen LogP contribution in [0.25, 0.3) is 50.6 Å². The fourth-order valence-corrected chi connectivity index (χ4v) is 4.66. The summed E-state index contributed by atoms with van der Waals surface area (Å²) in [6, 6.07) is 29.9. The van der Waals surface area contributed by atoms with Crippen molar-refractivity contribution in [2.45, 2.75) is 19.8 Å². The first-order chi connectivity index (χ1) is 19.5. The van der Waals surface area contributed by atoms with E-state index in [2.05, 4.69) is 60.2 Å². The highest BCUT2D eigenvalue weighted by Crippen LogP contribution is 2.29. The third kappa shape index (κ3) is 4.85. The van der Waals surface area contributed by atoms with Gasteiger partial charge in [0.15, 0.2) is 11.6 Å². The Hall–Kier alpha value is -5.17. The van der Waals surface area contributed by atoms with Crippen molar-refractivity contribution in [3.63, 3.8) is 0 Å². The Labute approximate surface area is 232 Å². The van der Waals surface area contributed by atoms with Crippen LogP contribution in [0.2, 0.25) is 0 Å². The second kappa shape index (κ2) is 10.5. The fourth-order valence-electron chi connectivity index (χ4n) is 4.66. The number of ether oxygens (including phenoxy) is 1. The van der Waals surface area contributed by atoms with Gasteiger partial charge >= 0.3 is 5.97 Å². The van der Waals surface area contributed by atoms with Crippen molar-refractivity contribution in [1.82, 2.24) is 24.7 Å². The Balaban J connectivity index is 1.43. The molecular weight excluding hydrogens is 498 g/mol. The number of fused-ring (bicyclic) bond motifs is 1. The minimum absolute atomic E-state index is 0.415. The Bertz CT molecular complexity index is 1820. The van der Waals surface area contributed by atoms with E-state index >= 15 is 0 Å². The van der Waals surface area contributed by atoms with Gasteiger partial charge in [0.25, 0.3) is 0 Å². The predicted molar refractivity (Wildman–Crippen MR) is 156 cm³/mol. The Morgan fingerprint density at radius 3 is 2.10 bits per heavy atom. The summed E-state index contributed by atoms with van der Waals surface area (Å²) in [5, 5.41) is 4.88. The summed E-state index contributed by atoms with van der Waals surface area (Å²) in [6.45, 7) is 4.39. The molecular formula is C33H27N5O2. The standard InChI is InChI=1S/C33H27N5O2/c1-21(2)22-7-9-23(10-8-22)24-11-13-25(14-12-24)31-36-32(26-15-16-29-30(20-26)35-18-17-34-29)38(37-31)28-6-4-5-27(19-28)33(39)40-3/h4-21H,1-3H3. The van der Waals surface area contributed by atoms with Crippen LogP contribution in [0.15, 0.2) is 103 Å². The third-order valence-corrected chi connectivity index (χ3v) is 6.90. The van der Waals surface area contributed by atoms with Gasteiger partial charge in [-0.3, -0.25) is 9.97 Å². The molecule has 0 fully saturated rings. The van der Waals surface area contributed by atoms with E-state index in [9.17, 15) is 4.79 Å². The number of carbonyl (C=O) groups is 1. The van der Waals surface area contributed by atoms with Crippen LogP contribution in [0.4, 0.5) is 0 Å². The van der Waals surface area contributed by atoms with Crippen LogP contribution >= 0.6 is 0 Å². The average Bonchev–Trinajstić information content (AvgIpc) is 3.46. The number of hydrogen-bond acceptors (Lipinski definition) is 6. The molecule has 0 aliphatic heterocycles. The van der Waals surface area contributed by atoms with Crippen molar-refractivity contribution in [1.29, 1.82) is 0 Å². The lowest BCUT2D eigenvalue weighted by molar-refractivity contribution is 0.0600. The predicted octanol–water partition coefficient (Wildman–Crippen LogP) is 7.12. The van der Waals surface area contributed by atoms with E-state index in [-0.39, 0.29) is 0 Å². The van der Waals surface area contributed by atoms with Crippen LogP contribution in [0.3, 0.4) is 0 Å². The number of methoxy groups -OCH3 is 1. The minimum Gasteiger partial charge on any atom is -0.465 e. The van der Waals surface area contributed by atoms with Gasteiger partial charge in [-0.2, -0.15) is 0 Å². The van der Waals surface area contributed by atoms with E-state index in [0.717, 1.165) is 33.3 Å². The number of carbonyl (C=O) groups excluding carboxylic acids is 1. The molecule has 0 aliphatic carbocycles. The molecule has 0 bridgehead atoms. The van der Waals surface area contributed by atoms with Crippen molar-refractivity contribution in [3.05, 3.63) is 115 Å². The molecule has 0 saturated carbocycles. The summed E-state index contributed by atoms with van der Waals surface area (Å²) in [6.07, 6.45) is 3.34. The lowest BCUT2D eigenvalue weighted by Crippen LogP contribution is -2.05. The first kappa shape index (κ1) is 25.1. The lowest BCUT2D eigenvalue weighted by Gasteiger charge is -2.08. The van der Waals surface area contributed by atoms with Crippen molar-refractivity contribution < 1.29 is 9.53 Å². The van der Waals surface area contributed by atoms with Gasteiger partial charge in [-0.15, -0.1) is 5.10 Å². The third-order valence-electron chi connectivity index (χ3n) is 6.90. The maximum absolute atomic E-state index is 12.2. The highest BCUT2D eigenvalue weighted by Gasteiger charge is 2.17. The zero-order valence-corrected chi connectivity index (χ0v) is 22.4. The van der Waals surface area contributed by atoms with E-state index in [1.165, 1.54) is 12.7 Å². The van der Waals surface area contributed by atoms with Crippen molar-refractivity contribution in [3.8, 4) is 39.6 Å². The summed E-state index contributed by atoms with van der Waals surface area (Å²) >= 11 is 0. The molecule has 0 aliphatic rings. The van der Waals surface area contributed by atoms with Crippen LogP contribution in [-0.2, 0) is 4.74 Å². The number of esters is 1. The summed E-state index contributed by atoms with van der Waals surface area (Å²) in [4.78, 5) is 26.0. The molecule has 7 heteroatoms. The van der Waals surface area contributed by atoms with Crippen molar-refractivity contribution in [2.24, 2.45) is 0 Å². The monoisotopic (exact) mass is 525 g/mol. The van der Waals surface area contributed by atoms with E-state index in [1.54, 1.807) is 35.3 Å². The topological polar surface area (TPSA) is 82.8 Å². The Morgan fingerprint density at radius 1 is 0.750 bits per heavy atom. The zero-order chi connectivity index (χ0) is 27.6. The molecule has 4 aromatic carbocycles. The molecule has 0 saturated heterocycles. The second-order valence-corrected chi connectivity index (χ2v) is 9.83. The summed E-state index contributed by atoms with van der Waals surface area (Å²) in [7, 11) is 1.37. The van der Waals surface area contributed by atoms with Crippen LogP contribution in [0.5, 0.6) is 0 Å². The molecule has 2 heterocycles. The molecule has 0 spiro atoms. The molecule has 0 amide bonds. The SMILES string of the molecule is COC(=O)c1cccc(-n2nc(-c3ccc(-c4ccc(C(C)C)cc4)cc3)nc2-c2ccc3nccnc3c2)c1. The van der Waals surface area contributed by atoms with Gasteiger partial charge < -0.3 is 4.74 Å². The molecule has 0 unspecified atom stereocenters. The Morgan fingerprint density at radius 2 is 1.40 bits per heavy atom. The Kier molecular flexibility index (Phi) is 6.62. The number of rotatable bonds is 6. The molecule has 0 N–H and O–H groups in total. The van der Waals surface area contributed by atoms with E-state index < -0.39 is 5.97 Å². The summed E-state index contributed by atoms with van der Waals surface area (Å²) in [5.74, 6) is 1.27. The lowest BCUT2D eigenvalue weighted by atomic mass is 9.98. The van der Waals surface area contributed by atoms with Gasteiger partial charge in [-0.05, 0) is 59.0 Å². The largest absolute Gasteiger partial charge is 0.465 e. The van der Waals surface area contributed by atoms with Gasteiger partial charge in [-0.1, -0.05) is 68.4 Å². The average molecular weight is 526 g/mol. The molecule has 7 nitrogen and oxygen atoms in total. The summed E-state index contributed by atoms with van der Waals surface area (Å²) < 4.78 is 6.68. The normalized spacial score (nSPS) is 11.2. The number of hydrogen-bond donors (Lipinski definition) is 0. The van der Waals surface area contributed by atoms with Crippen molar-refractivity contribution >= 4 is 17.0 Å². The van der Waals surface area contributed by atoms with Crippen LogP contribution < -0.4 is 0 Å². The molecule has 40 heavy (non-hydrogen) atoms. The smallest absolute Gasteiger partial charge is 0.337 e. The van der Waals surface area contributed by atoms with Crippen LogP contribution in [0, 0.1) is 0 Å². The zero-order valence-electron chi connectivity index (χ0n) is 22.4. The highest BCUT2D eigenvalue weighted by atomic mass is 16.5. The highest BCUT2D eigenvalue weighted by molar-refractivity contribution is 5.90. The molecule has 6 aromatic rings. The fraction of sp³-hybridized carbons (Fsp3) is 0.121.